The standard InChI is InChI=1S/C14H15BrFNO3/c1-4-8(2)12(14(19)20-3)17-13(18)9-5-6-10(15)11(16)7-9/h4-8,12H,1H2,2-3H3,(H,17,18)/t8-,12+/m0/s1. The largest absolute Gasteiger partial charge is 0.467 e. The summed E-state index contributed by atoms with van der Waals surface area (Å²) in [7, 11) is 1.23. The number of ether oxygens (including phenoxy) is 1. The van der Waals surface area contributed by atoms with E-state index in [0.29, 0.717) is 0 Å². The molecule has 0 spiro atoms. The van der Waals surface area contributed by atoms with Crippen molar-refractivity contribution in [1.29, 1.82) is 0 Å². The van der Waals surface area contributed by atoms with Crippen LogP contribution in [0.2, 0.25) is 0 Å². The van der Waals surface area contributed by atoms with Crippen LogP contribution >= 0.6 is 15.9 Å². The number of amides is 1. The Kier molecular flexibility index (Phi) is 5.88. The first-order valence-electron chi connectivity index (χ1n) is 5.87. The fourth-order valence-electron chi connectivity index (χ4n) is 1.53. The molecule has 4 nitrogen and oxygen atoms in total. The van der Waals surface area contributed by atoms with Crippen LogP contribution in [0.4, 0.5) is 4.39 Å². The quantitative estimate of drug-likeness (QED) is 0.660. The molecule has 0 saturated heterocycles. The first kappa shape index (κ1) is 16.4. The normalized spacial score (nSPS) is 13.2. The van der Waals surface area contributed by atoms with Gasteiger partial charge in [-0.3, -0.25) is 4.79 Å². The number of benzene rings is 1. The van der Waals surface area contributed by atoms with Crippen molar-refractivity contribution >= 4 is 27.8 Å². The van der Waals surface area contributed by atoms with Crippen LogP contribution in [0, 0.1) is 11.7 Å². The summed E-state index contributed by atoms with van der Waals surface area (Å²) in [6.07, 6.45) is 1.53. The maximum atomic E-state index is 13.4. The fourth-order valence-corrected chi connectivity index (χ4v) is 1.78. The zero-order valence-corrected chi connectivity index (χ0v) is 12.7. The van der Waals surface area contributed by atoms with Crippen molar-refractivity contribution in [1.82, 2.24) is 5.32 Å². The van der Waals surface area contributed by atoms with E-state index < -0.39 is 23.7 Å². The molecular formula is C14H15BrFNO3. The molecule has 0 bridgehead atoms. The van der Waals surface area contributed by atoms with Crippen LogP contribution in [-0.2, 0) is 9.53 Å². The Morgan fingerprint density at radius 3 is 2.65 bits per heavy atom. The van der Waals surface area contributed by atoms with Crippen LogP contribution < -0.4 is 5.32 Å². The van der Waals surface area contributed by atoms with Crippen molar-refractivity contribution in [2.75, 3.05) is 7.11 Å². The monoisotopic (exact) mass is 343 g/mol. The van der Waals surface area contributed by atoms with Gasteiger partial charge in [-0.05, 0) is 34.1 Å². The smallest absolute Gasteiger partial charge is 0.328 e. The Bertz CT molecular complexity index is 533. The van der Waals surface area contributed by atoms with Crippen molar-refractivity contribution < 1.29 is 18.7 Å². The number of halogens is 2. The van der Waals surface area contributed by atoms with Crippen molar-refractivity contribution in [2.24, 2.45) is 5.92 Å². The highest BCUT2D eigenvalue weighted by atomic mass is 79.9. The highest BCUT2D eigenvalue weighted by Crippen LogP contribution is 2.17. The second-order valence-electron chi connectivity index (χ2n) is 4.20. The van der Waals surface area contributed by atoms with E-state index in [9.17, 15) is 14.0 Å². The van der Waals surface area contributed by atoms with E-state index in [2.05, 4.69) is 32.6 Å². The predicted molar refractivity (Wildman–Crippen MR) is 76.7 cm³/mol. The molecule has 1 N–H and O–H groups in total. The molecule has 0 radical (unpaired) electrons. The van der Waals surface area contributed by atoms with Crippen LogP contribution in [0.1, 0.15) is 17.3 Å². The van der Waals surface area contributed by atoms with E-state index >= 15 is 0 Å². The number of hydrogen-bond acceptors (Lipinski definition) is 3. The number of esters is 1. The average Bonchev–Trinajstić information content (AvgIpc) is 2.45. The van der Waals surface area contributed by atoms with Gasteiger partial charge in [-0.1, -0.05) is 13.0 Å². The SMILES string of the molecule is C=C[C@H](C)[C@@H](NC(=O)c1ccc(Br)c(F)c1)C(=O)OC. The van der Waals surface area contributed by atoms with Gasteiger partial charge in [-0.2, -0.15) is 0 Å². The fraction of sp³-hybridized carbons (Fsp3) is 0.286. The number of rotatable bonds is 5. The Hall–Kier alpha value is -1.69. The molecule has 0 aromatic heterocycles. The highest BCUT2D eigenvalue weighted by Gasteiger charge is 2.26. The third kappa shape index (κ3) is 3.90. The lowest BCUT2D eigenvalue weighted by Crippen LogP contribution is -2.45. The van der Waals surface area contributed by atoms with Crippen LogP contribution in [0.5, 0.6) is 0 Å². The summed E-state index contributed by atoms with van der Waals surface area (Å²) in [5, 5.41) is 2.51. The summed E-state index contributed by atoms with van der Waals surface area (Å²) < 4.78 is 18.3. The Balaban J connectivity index is 2.92. The zero-order chi connectivity index (χ0) is 15.3. The van der Waals surface area contributed by atoms with E-state index in [-0.39, 0.29) is 16.0 Å². The molecule has 0 heterocycles. The van der Waals surface area contributed by atoms with Crippen LogP contribution in [0.25, 0.3) is 0 Å². The molecule has 6 heteroatoms. The van der Waals surface area contributed by atoms with Crippen LogP contribution in [-0.4, -0.2) is 25.0 Å². The number of carbonyl (C=O) groups is 2. The Labute approximate surface area is 125 Å². The average molecular weight is 344 g/mol. The molecule has 1 aromatic carbocycles. The van der Waals surface area contributed by atoms with E-state index in [0.717, 1.165) is 6.07 Å². The summed E-state index contributed by atoms with van der Waals surface area (Å²) >= 11 is 3.00. The summed E-state index contributed by atoms with van der Waals surface area (Å²) in [5.41, 5.74) is 0.121. The van der Waals surface area contributed by atoms with Gasteiger partial charge in [0.15, 0.2) is 0 Å². The predicted octanol–water partition coefficient (Wildman–Crippen LogP) is 2.68. The number of nitrogens with one attached hydrogen (secondary N) is 1. The molecule has 0 unspecified atom stereocenters. The maximum absolute atomic E-state index is 13.4. The van der Waals surface area contributed by atoms with Gasteiger partial charge >= 0.3 is 5.97 Å². The summed E-state index contributed by atoms with van der Waals surface area (Å²) in [5.74, 6) is -2.00. The second-order valence-corrected chi connectivity index (χ2v) is 5.05. The van der Waals surface area contributed by atoms with Gasteiger partial charge in [0.1, 0.15) is 11.9 Å². The second kappa shape index (κ2) is 7.19. The molecule has 2 atom stereocenters. The number of methoxy groups -OCH3 is 1. The summed E-state index contributed by atoms with van der Waals surface area (Å²) in [6, 6.07) is 3.10. The molecule has 0 saturated carbocycles. The topological polar surface area (TPSA) is 55.4 Å². The third-order valence-electron chi connectivity index (χ3n) is 2.82. The van der Waals surface area contributed by atoms with E-state index in [1.54, 1.807) is 6.92 Å². The molecule has 0 fully saturated rings. The molecule has 1 aromatic rings. The van der Waals surface area contributed by atoms with Gasteiger partial charge < -0.3 is 10.1 Å². The molecule has 0 aliphatic heterocycles. The van der Waals surface area contributed by atoms with Crippen molar-refractivity contribution in [2.45, 2.75) is 13.0 Å². The maximum Gasteiger partial charge on any atom is 0.328 e. The van der Waals surface area contributed by atoms with E-state index in [1.807, 2.05) is 0 Å². The molecule has 1 amide bonds. The first-order chi connectivity index (χ1) is 9.40. The van der Waals surface area contributed by atoms with E-state index in [4.69, 9.17) is 0 Å². The lowest BCUT2D eigenvalue weighted by molar-refractivity contribution is -0.143. The highest BCUT2D eigenvalue weighted by molar-refractivity contribution is 9.10. The molecule has 1 rings (SSSR count). The van der Waals surface area contributed by atoms with Gasteiger partial charge in [0.25, 0.3) is 5.91 Å². The first-order valence-corrected chi connectivity index (χ1v) is 6.66. The minimum atomic E-state index is -0.864. The Morgan fingerprint density at radius 2 is 2.15 bits per heavy atom. The zero-order valence-electron chi connectivity index (χ0n) is 11.2. The minimum Gasteiger partial charge on any atom is -0.467 e. The third-order valence-corrected chi connectivity index (χ3v) is 3.46. The van der Waals surface area contributed by atoms with Gasteiger partial charge in [0.2, 0.25) is 0 Å². The van der Waals surface area contributed by atoms with E-state index in [1.165, 1.54) is 25.3 Å². The summed E-state index contributed by atoms with van der Waals surface area (Å²) in [4.78, 5) is 23.7. The Morgan fingerprint density at radius 1 is 1.50 bits per heavy atom. The van der Waals surface area contributed by atoms with Gasteiger partial charge in [0.05, 0.1) is 11.6 Å². The van der Waals surface area contributed by atoms with Crippen LogP contribution in [0.3, 0.4) is 0 Å². The van der Waals surface area contributed by atoms with Gasteiger partial charge in [0, 0.05) is 11.5 Å². The number of hydrogen-bond donors (Lipinski definition) is 1. The van der Waals surface area contributed by atoms with Crippen molar-refractivity contribution in [3.05, 3.63) is 46.7 Å². The molecule has 0 aliphatic rings. The van der Waals surface area contributed by atoms with Crippen molar-refractivity contribution in [3.63, 3.8) is 0 Å². The molecule has 108 valence electrons. The van der Waals surface area contributed by atoms with Gasteiger partial charge in [-0.25, -0.2) is 9.18 Å². The minimum absolute atomic E-state index is 0.121. The van der Waals surface area contributed by atoms with Gasteiger partial charge in [-0.15, -0.1) is 6.58 Å². The van der Waals surface area contributed by atoms with Crippen molar-refractivity contribution in [3.8, 4) is 0 Å². The lowest BCUT2D eigenvalue weighted by atomic mass is 10.0. The lowest BCUT2D eigenvalue weighted by Gasteiger charge is -2.20. The van der Waals surface area contributed by atoms with Crippen LogP contribution in [0.15, 0.2) is 35.3 Å². The molecular weight excluding hydrogens is 329 g/mol. The summed E-state index contributed by atoms with van der Waals surface area (Å²) in [6.45, 7) is 5.30. The number of carbonyl (C=O) groups excluding carboxylic acids is 2. The molecule has 0 aliphatic carbocycles. The molecule has 20 heavy (non-hydrogen) atoms.